The molecule has 0 aliphatic rings. The van der Waals surface area contributed by atoms with Crippen molar-refractivity contribution in [2.45, 2.75) is 0 Å². The fraction of sp³-hybridized carbons (Fsp3) is 0.125. The molecule has 0 amide bonds. The molecular weight excluding hydrogens is 178 g/mol. The second kappa shape index (κ2) is 3.45. The number of hydrogen-bond donors (Lipinski definition) is 3. The van der Waals surface area contributed by atoms with Crippen LogP contribution in [0.15, 0.2) is 18.2 Å². The van der Waals surface area contributed by atoms with E-state index in [1.165, 1.54) is 18.2 Å². The van der Waals surface area contributed by atoms with Crippen molar-refractivity contribution >= 4 is 17.3 Å². The Morgan fingerprint density at radius 1 is 1.42 bits per heavy atom. The molecule has 0 spiro atoms. The summed E-state index contributed by atoms with van der Waals surface area (Å²) in [6.07, 6.45) is 0. The first-order valence-corrected chi connectivity index (χ1v) is 3.84. The molecule has 0 aliphatic heterocycles. The molecular formula is C8H8ClNO2. The molecule has 1 aromatic carbocycles. The first kappa shape index (κ1) is 8.87. The fourth-order valence-electron chi connectivity index (χ4n) is 0.847. The highest BCUT2D eigenvalue weighted by Crippen LogP contribution is 2.22. The minimum absolute atomic E-state index is 0.0291. The molecule has 0 saturated carbocycles. The smallest absolute Gasteiger partial charge is 0.128 e. The van der Waals surface area contributed by atoms with Crippen molar-refractivity contribution in [2.24, 2.45) is 0 Å². The standard InChI is InChI=1S/C8H8ClNO2/c9-4-7(10)6-2-1-5(11)3-8(6)12/h1-3,10-12H,4H2. The largest absolute Gasteiger partial charge is 0.508 e. The number of benzene rings is 1. The summed E-state index contributed by atoms with van der Waals surface area (Å²) in [5, 5.41) is 25.5. The van der Waals surface area contributed by atoms with Gasteiger partial charge in [0.05, 0.1) is 11.6 Å². The van der Waals surface area contributed by atoms with Gasteiger partial charge in [-0.25, -0.2) is 0 Å². The van der Waals surface area contributed by atoms with E-state index in [4.69, 9.17) is 22.1 Å². The second-order valence-corrected chi connectivity index (χ2v) is 2.58. The highest BCUT2D eigenvalue weighted by atomic mass is 35.5. The van der Waals surface area contributed by atoms with Crippen molar-refractivity contribution in [3.63, 3.8) is 0 Å². The molecule has 0 radical (unpaired) electrons. The average Bonchev–Trinajstić information content (AvgIpc) is 2.03. The quantitative estimate of drug-likeness (QED) is 0.485. The summed E-state index contributed by atoms with van der Waals surface area (Å²) < 4.78 is 0. The van der Waals surface area contributed by atoms with Crippen molar-refractivity contribution in [1.29, 1.82) is 5.41 Å². The topological polar surface area (TPSA) is 64.3 Å². The van der Waals surface area contributed by atoms with Crippen LogP contribution in [0.5, 0.6) is 11.5 Å². The van der Waals surface area contributed by atoms with Crippen LogP contribution in [0, 0.1) is 5.41 Å². The molecule has 64 valence electrons. The number of phenolic OH excluding ortho intramolecular Hbond substituents is 2. The molecule has 0 fully saturated rings. The molecule has 3 N–H and O–H groups in total. The van der Waals surface area contributed by atoms with E-state index in [2.05, 4.69) is 0 Å². The average molecular weight is 186 g/mol. The summed E-state index contributed by atoms with van der Waals surface area (Å²) in [6.45, 7) is 0. The first-order chi connectivity index (χ1) is 5.65. The Hall–Kier alpha value is -1.22. The van der Waals surface area contributed by atoms with E-state index in [0.717, 1.165) is 0 Å². The maximum absolute atomic E-state index is 9.23. The van der Waals surface area contributed by atoms with E-state index in [9.17, 15) is 5.11 Å². The predicted octanol–water partition coefficient (Wildman–Crippen LogP) is 1.70. The van der Waals surface area contributed by atoms with Gasteiger partial charge < -0.3 is 15.6 Å². The van der Waals surface area contributed by atoms with E-state index >= 15 is 0 Å². The molecule has 0 saturated heterocycles. The van der Waals surface area contributed by atoms with Gasteiger partial charge in [0, 0.05) is 11.6 Å². The summed E-state index contributed by atoms with van der Waals surface area (Å²) in [5.41, 5.74) is 0.483. The van der Waals surface area contributed by atoms with Gasteiger partial charge in [0.1, 0.15) is 11.5 Å². The zero-order valence-electron chi connectivity index (χ0n) is 6.21. The van der Waals surface area contributed by atoms with E-state index in [0.29, 0.717) is 5.56 Å². The third kappa shape index (κ3) is 1.68. The van der Waals surface area contributed by atoms with Gasteiger partial charge in [-0.3, -0.25) is 0 Å². The Morgan fingerprint density at radius 3 is 2.58 bits per heavy atom. The number of hydrogen-bond acceptors (Lipinski definition) is 3. The second-order valence-electron chi connectivity index (χ2n) is 2.31. The fourth-order valence-corrected chi connectivity index (χ4v) is 0.991. The lowest BCUT2D eigenvalue weighted by molar-refractivity contribution is 0.450. The Balaban J connectivity index is 3.09. The Kier molecular flexibility index (Phi) is 2.55. The predicted molar refractivity (Wildman–Crippen MR) is 47.3 cm³/mol. The van der Waals surface area contributed by atoms with E-state index in [-0.39, 0.29) is 23.1 Å². The molecule has 0 aliphatic carbocycles. The Morgan fingerprint density at radius 2 is 2.08 bits per heavy atom. The monoisotopic (exact) mass is 185 g/mol. The molecule has 12 heavy (non-hydrogen) atoms. The lowest BCUT2D eigenvalue weighted by Gasteiger charge is -2.03. The SMILES string of the molecule is N=C(CCl)c1ccc(O)cc1O. The summed E-state index contributed by atoms with van der Waals surface area (Å²) in [4.78, 5) is 0. The van der Waals surface area contributed by atoms with Gasteiger partial charge in [-0.05, 0) is 12.1 Å². The first-order valence-electron chi connectivity index (χ1n) is 3.31. The minimum Gasteiger partial charge on any atom is -0.508 e. The number of halogens is 1. The minimum atomic E-state index is -0.124. The van der Waals surface area contributed by atoms with Crippen molar-refractivity contribution < 1.29 is 10.2 Å². The van der Waals surface area contributed by atoms with E-state index in [1.54, 1.807) is 0 Å². The molecule has 0 bridgehead atoms. The number of alkyl halides is 1. The van der Waals surface area contributed by atoms with Crippen molar-refractivity contribution in [3.05, 3.63) is 23.8 Å². The summed E-state index contributed by atoms with van der Waals surface area (Å²) in [6, 6.07) is 4.03. The van der Waals surface area contributed by atoms with Gasteiger partial charge in [0.15, 0.2) is 0 Å². The van der Waals surface area contributed by atoms with Crippen molar-refractivity contribution in [1.82, 2.24) is 0 Å². The molecule has 0 heterocycles. The van der Waals surface area contributed by atoms with Gasteiger partial charge in [-0.2, -0.15) is 0 Å². The molecule has 0 aromatic heterocycles. The van der Waals surface area contributed by atoms with Crippen molar-refractivity contribution in [3.8, 4) is 11.5 Å². The zero-order chi connectivity index (χ0) is 9.14. The molecule has 3 nitrogen and oxygen atoms in total. The molecule has 1 rings (SSSR count). The maximum atomic E-state index is 9.23. The number of rotatable bonds is 2. The summed E-state index contributed by atoms with van der Waals surface area (Å²) in [5.74, 6) is -0.113. The number of phenols is 2. The molecule has 0 unspecified atom stereocenters. The van der Waals surface area contributed by atoms with Crippen LogP contribution in [0.3, 0.4) is 0 Å². The third-order valence-electron chi connectivity index (χ3n) is 1.44. The van der Waals surface area contributed by atoms with Crippen LogP contribution < -0.4 is 0 Å². The number of nitrogens with one attached hydrogen (secondary N) is 1. The lowest BCUT2D eigenvalue weighted by Crippen LogP contribution is -1.99. The third-order valence-corrected chi connectivity index (χ3v) is 1.71. The summed E-state index contributed by atoms with van der Waals surface area (Å²) in [7, 11) is 0. The van der Waals surface area contributed by atoms with Crippen LogP contribution >= 0.6 is 11.6 Å². The zero-order valence-corrected chi connectivity index (χ0v) is 6.97. The van der Waals surface area contributed by atoms with Gasteiger partial charge in [-0.1, -0.05) is 0 Å². The highest BCUT2D eigenvalue weighted by Gasteiger charge is 2.06. The summed E-state index contributed by atoms with van der Waals surface area (Å²) >= 11 is 5.40. The lowest BCUT2D eigenvalue weighted by atomic mass is 10.1. The van der Waals surface area contributed by atoms with Crippen LogP contribution in [0.25, 0.3) is 0 Å². The van der Waals surface area contributed by atoms with Crippen LogP contribution in [0.2, 0.25) is 0 Å². The Bertz CT molecular complexity index is 312. The van der Waals surface area contributed by atoms with Crippen molar-refractivity contribution in [2.75, 3.05) is 5.88 Å². The Labute approximate surface area is 74.7 Å². The van der Waals surface area contributed by atoms with E-state index < -0.39 is 0 Å². The van der Waals surface area contributed by atoms with Gasteiger partial charge in [0.25, 0.3) is 0 Å². The van der Waals surface area contributed by atoms with Crippen LogP contribution in [-0.4, -0.2) is 21.8 Å². The van der Waals surface area contributed by atoms with Gasteiger partial charge in [0.2, 0.25) is 0 Å². The number of aromatic hydroxyl groups is 2. The molecule has 0 atom stereocenters. The normalized spacial score (nSPS) is 9.75. The van der Waals surface area contributed by atoms with Crippen LogP contribution in [0.1, 0.15) is 5.56 Å². The maximum Gasteiger partial charge on any atom is 0.128 e. The van der Waals surface area contributed by atoms with Gasteiger partial charge in [-0.15, -0.1) is 11.6 Å². The molecule has 1 aromatic rings. The highest BCUT2D eigenvalue weighted by molar-refractivity contribution is 6.31. The van der Waals surface area contributed by atoms with Crippen LogP contribution in [-0.2, 0) is 0 Å². The van der Waals surface area contributed by atoms with E-state index in [1.807, 2.05) is 0 Å². The van der Waals surface area contributed by atoms with Gasteiger partial charge >= 0.3 is 0 Å². The molecule has 4 heteroatoms. The van der Waals surface area contributed by atoms with Crippen LogP contribution in [0.4, 0.5) is 0 Å².